The third-order valence-electron chi connectivity index (χ3n) is 1.67. The Morgan fingerprint density at radius 1 is 1.06 bits per heavy atom. The van der Waals surface area contributed by atoms with E-state index in [0.29, 0.717) is 0 Å². The summed E-state index contributed by atoms with van der Waals surface area (Å²) in [7, 11) is 1.44. The zero-order valence-electron chi connectivity index (χ0n) is 10.5. The largest absolute Gasteiger partial charge is 0.508 e. The van der Waals surface area contributed by atoms with Gasteiger partial charge in [0.05, 0.1) is 19.6 Å². The van der Waals surface area contributed by atoms with Crippen LogP contribution in [-0.4, -0.2) is 51.6 Å². The molecule has 104 valence electrons. The molecule has 0 spiro atoms. The van der Waals surface area contributed by atoms with Crippen molar-refractivity contribution in [2.45, 2.75) is 13.3 Å². The van der Waals surface area contributed by atoms with E-state index in [-0.39, 0.29) is 38.7 Å². The molecule has 0 radical (unpaired) electrons. The van der Waals surface area contributed by atoms with Crippen LogP contribution in [0.1, 0.15) is 13.3 Å². The van der Waals surface area contributed by atoms with Crippen molar-refractivity contribution in [2.24, 2.45) is 0 Å². The van der Waals surface area contributed by atoms with Gasteiger partial charge in [-0.3, -0.25) is 4.79 Å². The third kappa shape index (κ3) is 9.25. The van der Waals surface area contributed by atoms with Crippen molar-refractivity contribution in [3.63, 3.8) is 0 Å². The molecule has 0 bridgehead atoms. The molecule has 0 aromatic rings. The minimum atomic E-state index is -0.798. The fourth-order valence-electron chi connectivity index (χ4n) is 0.881. The lowest BCUT2D eigenvalue weighted by atomic mass is 10.4. The molecule has 0 heterocycles. The lowest BCUT2D eigenvalue weighted by Crippen LogP contribution is -2.30. The van der Waals surface area contributed by atoms with Gasteiger partial charge in [0.1, 0.15) is 13.2 Å². The predicted molar refractivity (Wildman–Crippen MR) is 61.0 cm³/mol. The summed E-state index contributed by atoms with van der Waals surface area (Å²) in [4.78, 5) is 32.6. The predicted octanol–water partition coefficient (Wildman–Crippen LogP) is 0.0218. The van der Waals surface area contributed by atoms with Crippen LogP contribution in [0.3, 0.4) is 0 Å². The maximum atomic E-state index is 11.2. The molecule has 8 heteroatoms. The molecule has 2 N–H and O–H groups in total. The van der Waals surface area contributed by atoms with Gasteiger partial charge >= 0.3 is 12.2 Å². The van der Waals surface area contributed by atoms with Crippen molar-refractivity contribution >= 4 is 18.2 Å². The van der Waals surface area contributed by atoms with E-state index in [1.54, 1.807) is 6.92 Å². The van der Waals surface area contributed by atoms with E-state index in [0.717, 1.165) is 0 Å². The normalized spacial score (nSPS) is 9.22. The van der Waals surface area contributed by atoms with E-state index in [9.17, 15) is 14.4 Å². The fourth-order valence-corrected chi connectivity index (χ4v) is 0.881. The summed E-state index contributed by atoms with van der Waals surface area (Å²) in [5, 5.41) is 4.76. The van der Waals surface area contributed by atoms with E-state index in [1.165, 1.54) is 7.05 Å². The summed E-state index contributed by atoms with van der Waals surface area (Å²) in [6, 6.07) is 0. The van der Waals surface area contributed by atoms with E-state index in [4.69, 9.17) is 0 Å². The average molecular weight is 262 g/mol. The molecule has 2 amide bonds. The number of carbonyl (C=O) groups is 3. The molecule has 18 heavy (non-hydrogen) atoms. The highest BCUT2D eigenvalue weighted by atomic mass is 16.7. The van der Waals surface area contributed by atoms with Crippen molar-refractivity contribution in [1.82, 2.24) is 10.6 Å². The molecule has 0 unspecified atom stereocenters. The van der Waals surface area contributed by atoms with Crippen molar-refractivity contribution in [3.05, 3.63) is 0 Å². The molecule has 0 aliphatic rings. The van der Waals surface area contributed by atoms with Crippen molar-refractivity contribution in [2.75, 3.05) is 33.4 Å². The van der Waals surface area contributed by atoms with E-state index in [2.05, 4.69) is 24.8 Å². The van der Waals surface area contributed by atoms with Crippen LogP contribution in [0.4, 0.5) is 9.59 Å². The molecule has 8 nitrogen and oxygen atoms in total. The second-order valence-electron chi connectivity index (χ2n) is 3.02. The Morgan fingerprint density at radius 2 is 1.78 bits per heavy atom. The number of ether oxygens (including phenoxy) is 3. The molecule has 0 fully saturated rings. The molecule has 0 aromatic carbocycles. The zero-order valence-corrected chi connectivity index (χ0v) is 10.5. The van der Waals surface area contributed by atoms with E-state index >= 15 is 0 Å². The monoisotopic (exact) mass is 262 g/mol. The van der Waals surface area contributed by atoms with Gasteiger partial charge in [0.2, 0.25) is 5.91 Å². The highest BCUT2D eigenvalue weighted by molar-refractivity contribution is 5.76. The molecule has 0 aliphatic carbocycles. The molecule has 0 saturated carbocycles. The minimum absolute atomic E-state index is 0.0266. The third-order valence-corrected chi connectivity index (χ3v) is 1.67. The molecule has 0 saturated heterocycles. The number of carbonyl (C=O) groups excluding carboxylic acids is 3. The first-order valence-corrected chi connectivity index (χ1v) is 5.50. The summed E-state index contributed by atoms with van der Waals surface area (Å²) >= 11 is 0. The summed E-state index contributed by atoms with van der Waals surface area (Å²) in [6.07, 6.45) is -1.33. The van der Waals surface area contributed by atoms with Crippen LogP contribution >= 0.6 is 0 Å². The Kier molecular flexibility index (Phi) is 9.06. The van der Waals surface area contributed by atoms with Crippen molar-refractivity contribution in [3.8, 4) is 0 Å². The standard InChI is InChI=1S/C10H18N2O6/c1-3-16-10(15)18-6-4-8(13)12-5-7-17-9(14)11-2/h3-7H2,1-2H3,(H,11,14)(H,12,13). The minimum Gasteiger partial charge on any atom is -0.448 e. The van der Waals surface area contributed by atoms with Gasteiger partial charge in [-0.1, -0.05) is 0 Å². The van der Waals surface area contributed by atoms with Gasteiger partial charge in [-0.2, -0.15) is 0 Å². The number of alkyl carbamates (subject to hydrolysis) is 1. The van der Waals surface area contributed by atoms with E-state index in [1.807, 2.05) is 0 Å². The maximum Gasteiger partial charge on any atom is 0.508 e. The highest BCUT2D eigenvalue weighted by Gasteiger charge is 2.05. The summed E-state index contributed by atoms with van der Waals surface area (Å²) in [5.41, 5.74) is 0. The summed E-state index contributed by atoms with van der Waals surface area (Å²) in [6.45, 7) is 2.10. The van der Waals surface area contributed by atoms with Crippen molar-refractivity contribution in [1.29, 1.82) is 0 Å². The van der Waals surface area contributed by atoms with Crippen molar-refractivity contribution < 1.29 is 28.6 Å². The van der Waals surface area contributed by atoms with Gasteiger partial charge in [-0.25, -0.2) is 9.59 Å². The number of hydrogen-bond donors (Lipinski definition) is 2. The molecular formula is C10H18N2O6. The van der Waals surface area contributed by atoms with Crippen LogP contribution < -0.4 is 10.6 Å². The Bertz CT molecular complexity index is 282. The Morgan fingerprint density at radius 3 is 2.39 bits per heavy atom. The fraction of sp³-hybridized carbons (Fsp3) is 0.700. The van der Waals surface area contributed by atoms with E-state index < -0.39 is 12.2 Å². The van der Waals surface area contributed by atoms with Crippen LogP contribution in [0.5, 0.6) is 0 Å². The second kappa shape index (κ2) is 10.2. The molecule has 0 aromatic heterocycles. The Labute approximate surface area is 105 Å². The summed E-state index contributed by atoms with van der Waals surface area (Å²) in [5.74, 6) is -0.306. The Balaban J connectivity index is 3.43. The first kappa shape index (κ1) is 16.0. The maximum absolute atomic E-state index is 11.2. The van der Waals surface area contributed by atoms with Crippen LogP contribution in [0.15, 0.2) is 0 Å². The van der Waals surface area contributed by atoms with Gasteiger partial charge in [0.15, 0.2) is 0 Å². The molecular weight excluding hydrogens is 244 g/mol. The SMILES string of the molecule is CCOC(=O)OCCC(=O)NCCOC(=O)NC. The van der Waals surface area contributed by atoms with Crippen LogP contribution in [-0.2, 0) is 19.0 Å². The lowest BCUT2D eigenvalue weighted by Gasteiger charge is -2.06. The number of hydrogen-bond acceptors (Lipinski definition) is 6. The number of rotatable bonds is 7. The second-order valence-corrected chi connectivity index (χ2v) is 3.02. The quantitative estimate of drug-likeness (QED) is 0.495. The highest BCUT2D eigenvalue weighted by Crippen LogP contribution is 1.88. The molecule has 0 aliphatic heterocycles. The number of amides is 2. The number of nitrogens with one attached hydrogen (secondary N) is 2. The van der Waals surface area contributed by atoms with Gasteiger partial charge in [0.25, 0.3) is 0 Å². The smallest absolute Gasteiger partial charge is 0.448 e. The Hall–Kier alpha value is -1.99. The van der Waals surface area contributed by atoms with Gasteiger partial charge in [-0.05, 0) is 6.92 Å². The van der Waals surface area contributed by atoms with Crippen LogP contribution in [0.25, 0.3) is 0 Å². The summed E-state index contributed by atoms with van der Waals surface area (Å²) < 4.78 is 13.7. The first-order chi connectivity index (χ1) is 8.60. The van der Waals surface area contributed by atoms with Crippen LogP contribution in [0, 0.1) is 0 Å². The molecule has 0 rings (SSSR count). The van der Waals surface area contributed by atoms with Gasteiger partial charge < -0.3 is 24.8 Å². The lowest BCUT2D eigenvalue weighted by molar-refractivity contribution is -0.122. The van der Waals surface area contributed by atoms with Gasteiger partial charge in [-0.15, -0.1) is 0 Å². The molecule has 0 atom stereocenters. The van der Waals surface area contributed by atoms with Gasteiger partial charge in [0, 0.05) is 7.05 Å². The zero-order chi connectivity index (χ0) is 13.8. The van der Waals surface area contributed by atoms with Crippen LogP contribution in [0.2, 0.25) is 0 Å². The first-order valence-electron chi connectivity index (χ1n) is 5.50. The average Bonchev–Trinajstić information content (AvgIpc) is 2.34. The topological polar surface area (TPSA) is 103 Å².